The molecule has 2 N–H and O–H groups in total. The van der Waals surface area contributed by atoms with Gasteiger partial charge in [0, 0.05) is 6.20 Å². The molecular formula is C10H12BrN3. The Morgan fingerprint density at radius 1 is 1.50 bits per heavy atom. The second-order valence-corrected chi connectivity index (χ2v) is 4.44. The van der Waals surface area contributed by atoms with Gasteiger partial charge in [0.2, 0.25) is 0 Å². The Hall–Kier alpha value is -1.03. The highest BCUT2D eigenvalue weighted by Crippen LogP contribution is 2.26. The predicted molar refractivity (Wildman–Crippen MR) is 61.4 cm³/mol. The van der Waals surface area contributed by atoms with Gasteiger partial charge in [-0.05, 0) is 34.0 Å². The van der Waals surface area contributed by atoms with Crippen molar-refractivity contribution in [1.82, 2.24) is 9.38 Å². The van der Waals surface area contributed by atoms with Crippen LogP contribution in [0.4, 0.5) is 5.82 Å². The van der Waals surface area contributed by atoms with Gasteiger partial charge in [-0.1, -0.05) is 13.8 Å². The number of hydrogen-bond acceptors (Lipinski definition) is 2. The van der Waals surface area contributed by atoms with Crippen LogP contribution in [-0.2, 0) is 0 Å². The first-order valence-electron chi connectivity index (χ1n) is 4.53. The summed E-state index contributed by atoms with van der Waals surface area (Å²) in [4.78, 5) is 4.50. The van der Waals surface area contributed by atoms with Crippen molar-refractivity contribution in [3.8, 4) is 0 Å². The maximum absolute atomic E-state index is 5.99. The van der Waals surface area contributed by atoms with Gasteiger partial charge >= 0.3 is 0 Å². The van der Waals surface area contributed by atoms with E-state index in [-0.39, 0.29) is 0 Å². The van der Waals surface area contributed by atoms with Crippen LogP contribution in [0.25, 0.3) is 5.65 Å². The van der Waals surface area contributed by atoms with E-state index < -0.39 is 0 Å². The standard InChI is InChI=1S/C10H12BrN3/c1-6(2)8-9(12)14-5-3-4-7(11)10(14)13-8/h3-6H,12H2,1-2H3. The van der Waals surface area contributed by atoms with Gasteiger partial charge in [-0.15, -0.1) is 0 Å². The van der Waals surface area contributed by atoms with Crippen LogP contribution in [-0.4, -0.2) is 9.38 Å². The first-order valence-corrected chi connectivity index (χ1v) is 5.32. The molecule has 74 valence electrons. The van der Waals surface area contributed by atoms with Gasteiger partial charge in [0.05, 0.1) is 10.2 Å². The van der Waals surface area contributed by atoms with Crippen LogP contribution in [0.15, 0.2) is 22.8 Å². The van der Waals surface area contributed by atoms with E-state index in [2.05, 4.69) is 34.8 Å². The van der Waals surface area contributed by atoms with Crippen LogP contribution < -0.4 is 5.73 Å². The smallest absolute Gasteiger partial charge is 0.153 e. The van der Waals surface area contributed by atoms with Crippen LogP contribution in [0.3, 0.4) is 0 Å². The lowest BCUT2D eigenvalue weighted by molar-refractivity contribution is 0.838. The largest absolute Gasteiger partial charge is 0.383 e. The molecule has 2 aromatic heterocycles. The zero-order valence-electron chi connectivity index (χ0n) is 8.16. The molecule has 0 unspecified atom stereocenters. The summed E-state index contributed by atoms with van der Waals surface area (Å²) in [6.07, 6.45) is 1.92. The van der Waals surface area contributed by atoms with Crippen molar-refractivity contribution >= 4 is 27.4 Å². The average molecular weight is 254 g/mol. The number of fused-ring (bicyclic) bond motifs is 1. The molecule has 0 saturated carbocycles. The van der Waals surface area contributed by atoms with E-state index in [9.17, 15) is 0 Å². The molecule has 3 nitrogen and oxygen atoms in total. The lowest BCUT2D eigenvalue weighted by atomic mass is 10.1. The van der Waals surface area contributed by atoms with Crippen LogP contribution in [0, 0.1) is 0 Å². The number of halogens is 1. The summed E-state index contributed by atoms with van der Waals surface area (Å²) in [6, 6.07) is 3.91. The van der Waals surface area contributed by atoms with Crippen molar-refractivity contribution in [2.24, 2.45) is 0 Å². The number of pyridine rings is 1. The van der Waals surface area contributed by atoms with Gasteiger partial charge in [0.1, 0.15) is 5.82 Å². The fourth-order valence-electron chi connectivity index (χ4n) is 1.50. The van der Waals surface area contributed by atoms with Crippen molar-refractivity contribution in [3.63, 3.8) is 0 Å². The molecule has 0 aliphatic rings. The molecule has 2 rings (SSSR count). The second-order valence-electron chi connectivity index (χ2n) is 3.59. The van der Waals surface area contributed by atoms with Crippen molar-refractivity contribution in [1.29, 1.82) is 0 Å². The third kappa shape index (κ3) is 1.30. The Kier molecular flexibility index (Phi) is 2.23. The molecule has 0 spiro atoms. The molecule has 0 aliphatic heterocycles. The van der Waals surface area contributed by atoms with Gasteiger partial charge in [0.25, 0.3) is 0 Å². The number of nitrogens with two attached hydrogens (primary N) is 1. The minimum absolute atomic E-state index is 0.349. The Morgan fingerprint density at radius 2 is 2.21 bits per heavy atom. The highest BCUT2D eigenvalue weighted by molar-refractivity contribution is 9.10. The fourth-order valence-corrected chi connectivity index (χ4v) is 1.93. The summed E-state index contributed by atoms with van der Waals surface area (Å²) >= 11 is 3.45. The highest BCUT2D eigenvalue weighted by Gasteiger charge is 2.13. The van der Waals surface area contributed by atoms with Crippen LogP contribution in [0.1, 0.15) is 25.5 Å². The maximum atomic E-state index is 5.99. The van der Waals surface area contributed by atoms with Gasteiger partial charge in [-0.3, -0.25) is 4.40 Å². The maximum Gasteiger partial charge on any atom is 0.153 e. The second kappa shape index (κ2) is 3.28. The number of rotatable bonds is 1. The van der Waals surface area contributed by atoms with E-state index in [1.54, 1.807) is 0 Å². The van der Waals surface area contributed by atoms with E-state index in [0.29, 0.717) is 5.92 Å². The van der Waals surface area contributed by atoms with Crippen LogP contribution in [0.2, 0.25) is 0 Å². The van der Waals surface area contributed by atoms with Gasteiger partial charge in [-0.25, -0.2) is 4.98 Å². The average Bonchev–Trinajstić information content (AvgIpc) is 2.46. The fraction of sp³-hybridized carbons (Fsp3) is 0.300. The minimum Gasteiger partial charge on any atom is -0.383 e. The molecule has 2 heterocycles. The summed E-state index contributed by atoms with van der Waals surface area (Å²) in [5.74, 6) is 1.08. The molecular weight excluding hydrogens is 242 g/mol. The predicted octanol–water partition coefficient (Wildman–Crippen LogP) is 2.80. The van der Waals surface area contributed by atoms with Crippen molar-refractivity contribution in [2.75, 3.05) is 5.73 Å². The molecule has 0 aliphatic carbocycles. The van der Waals surface area contributed by atoms with Gasteiger partial charge in [-0.2, -0.15) is 0 Å². The van der Waals surface area contributed by atoms with Crippen LogP contribution >= 0.6 is 15.9 Å². The van der Waals surface area contributed by atoms with E-state index >= 15 is 0 Å². The third-order valence-electron chi connectivity index (χ3n) is 2.21. The number of aromatic nitrogens is 2. The summed E-state index contributed by atoms with van der Waals surface area (Å²) in [5.41, 5.74) is 7.83. The van der Waals surface area contributed by atoms with E-state index in [4.69, 9.17) is 5.73 Å². The number of nitrogen functional groups attached to an aromatic ring is 1. The third-order valence-corrected chi connectivity index (χ3v) is 2.83. The Bertz CT molecular complexity index is 473. The summed E-state index contributed by atoms with van der Waals surface area (Å²) in [6.45, 7) is 4.18. The zero-order valence-corrected chi connectivity index (χ0v) is 9.75. The molecule has 4 heteroatoms. The number of anilines is 1. The first-order chi connectivity index (χ1) is 6.61. The normalized spacial score (nSPS) is 11.4. The molecule has 0 atom stereocenters. The SMILES string of the molecule is CC(C)c1nc2c(Br)cccn2c1N. The summed E-state index contributed by atoms with van der Waals surface area (Å²) in [5, 5.41) is 0. The Morgan fingerprint density at radius 3 is 2.79 bits per heavy atom. The first kappa shape index (κ1) is 9.52. The van der Waals surface area contributed by atoms with E-state index in [1.807, 2.05) is 22.7 Å². The van der Waals surface area contributed by atoms with Crippen molar-refractivity contribution in [3.05, 3.63) is 28.5 Å². The molecule has 0 saturated heterocycles. The molecule has 0 amide bonds. The van der Waals surface area contributed by atoms with Gasteiger partial charge < -0.3 is 5.73 Å². The highest BCUT2D eigenvalue weighted by atomic mass is 79.9. The Labute approximate surface area is 91.1 Å². The van der Waals surface area contributed by atoms with E-state index in [1.165, 1.54) is 0 Å². The zero-order chi connectivity index (χ0) is 10.3. The van der Waals surface area contributed by atoms with Crippen molar-refractivity contribution in [2.45, 2.75) is 19.8 Å². The minimum atomic E-state index is 0.349. The lowest BCUT2D eigenvalue weighted by Gasteiger charge is -2.00. The summed E-state index contributed by atoms with van der Waals surface area (Å²) < 4.78 is 2.87. The molecule has 0 bridgehead atoms. The molecule has 0 aromatic carbocycles. The topological polar surface area (TPSA) is 43.3 Å². The van der Waals surface area contributed by atoms with Gasteiger partial charge in [0.15, 0.2) is 5.65 Å². The molecule has 14 heavy (non-hydrogen) atoms. The quantitative estimate of drug-likeness (QED) is 0.850. The van der Waals surface area contributed by atoms with Crippen molar-refractivity contribution < 1.29 is 0 Å². The monoisotopic (exact) mass is 253 g/mol. The summed E-state index contributed by atoms with van der Waals surface area (Å²) in [7, 11) is 0. The molecule has 0 fully saturated rings. The number of nitrogens with zero attached hydrogens (tertiary/aromatic N) is 2. The Balaban J connectivity index is 2.80. The molecule has 0 radical (unpaired) electrons. The number of imidazole rings is 1. The molecule has 2 aromatic rings. The lowest BCUT2D eigenvalue weighted by Crippen LogP contribution is -1.97. The number of hydrogen-bond donors (Lipinski definition) is 1. The van der Waals surface area contributed by atoms with Crippen LogP contribution in [0.5, 0.6) is 0 Å². The van der Waals surface area contributed by atoms with E-state index in [0.717, 1.165) is 21.6 Å².